The molecule has 0 fully saturated rings. The fourth-order valence-electron chi connectivity index (χ4n) is 1.06. The Kier molecular flexibility index (Phi) is 2.94. The van der Waals surface area contributed by atoms with Crippen LogP contribution >= 0.6 is 0 Å². The van der Waals surface area contributed by atoms with Crippen LogP contribution in [0, 0.1) is 0 Å². The van der Waals surface area contributed by atoms with Crippen LogP contribution in [0.15, 0.2) is 24.3 Å². The van der Waals surface area contributed by atoms with Gasteiger partial charge in [-0.25, -0.2) is 0 Å². The van der Waals surface area contributed by atoms with E-state index in [-0.39, 0.29) is 12.2 Å². The number of aliphatic hydroxyl groups excluding tert-OH is 1. The van der Waals surface area contributed by atoms with Gasteiger partial charge in [0.2, 0.25) is 0 Å². The van der Waals surface area contributed by atoms with Gasteiger partial charge in [-0.1, -0.05) is 18.2 Å². The highest BCUT2D eigenvalue weighted by atomic mass is 16.5. The fourth-order valence-corrected chi connectivity index (χ4v) is 1.06. The Morgan fingerprint density at radius 2 is 1.85 bits per heavy atom. The predicted molar refractivity (Wildman–Crippen MR) is 52.7 cm³/mol. The molecule has 13 heavy (non-hydrogen) atoms. The second-order valence-electron chi connectivity index (χ2n) is 3.98. The average Bonchev–Trinajstić information content (AvgIpc) is 2.02. The zero-order valence-corrected chi connectivity index (χ0v) is 8.37. The van der Waals surface area contributed by atoms with Crippen LogP contribution in [0.4, 0.5) is 0 Å². The molecule has 0 saturated heterocycles. The van der Waals surface area contributed by atoms with Crippen molar-refractivity contribution >= 4 is 0 Å². The van der Waals surface area contributed by atoms with E-state index < -0.39 is 0 Å². The lowest BCUT2D eigenvalue weighted by molar-refractivity contribution is 0.126. The van der Waals surface area contributed by atoms with Gasteiger partial charge in [-0.15, -0.1) is 0 Å². The maximum absolute atomic E-state index is 9.04. The molecule has 0 spiro atoms. The third kappa shape index (κ3) is 3.07. The van der Waals surface area contributed by atoms with Crippen molar-refractivity contribution in [3.8, 4) is 5.75 Å². The van der Waals surface area contributed by atoms with Crippen molar-refractivity contribution < 1.29 is 9.84 Å². The first kappa shape index (κ1) is 10.1. The van der Waals surface area contributed by atoms with Crippen LogP contribution in [-0.4, -0.2) is 10.7 Å². The lowest BCUT2D eigenvalue weighted by atomic mass is 10.1. The molecule has 2 heteroatoms. The van der Waals surface area contributed by atoms with Crippen LogP contribution in [0.2, 0.25) is 0 Å². The first-order valence-electron chi connectivity index (χ1n) is 4.41. The molecule has 1 rings (SSSR count). The monoisotopic (exact) mass is 180 g/mol. The fraction of sp³-hybridized carbons (Fsp3) is 0.455. The van der Waals surface area contributed by atoms with E-state index in [1.54, 1.807) is 0 Å². The highest BCUT2D eigenvalue weighted by molar-refractivity contribution is 5.33. The molecule has 0 aliphatic heterocycles. The van der Waals surface area contributed by atoms with Gasteiger partial charge in [0, 0.05) is 5.56 Å². The molecule has 0 heterocycles. The summed E-state index contributed by atoms with van der Waals surface area (Å²) in [6.07, 6.45) is 0. The van der Waals surface area contributed by atoms with Gasteiger partial charge >= 0.3 is 0 Å². The van der Waals surface area contributed by atoms with Crippen LogP contribution in [-0.2, 0) is 6.61 Å². The average molecular weight is 180 g/mol. The molecule has 0 atom stereocenters. The maximum Gasteiger partial charge on any atom is 0.125 e. The molecule has 0 amide bonds. The van der Waals surface area contributed by atoms with Crippen LogP contribution in [0.1, 0.15) is 26.3 Å². The normalized spacial score (nSPS) is 11.4. The minimum Gasteiger partial charge on any atom is -0.488 e. The van der Waals surface area contributed by atoms with Gasteiger partial charge in [-0.2, -0.15) is 0 Å². The lowest BCUT2D eigenvalue weighted by Crippen LogP contribution is -2.23. The zero-order valence-electron chi connectivity index (χ0n) is 8.37. The Morgan fingerprint density at radius 3 is 2.38 bits per heavy atom. The van der Waals surface area contributed by atoms with Gasteiger partial charge in [0.05, 0.1) is 6.61 Å². The molecule has 0 unspecified atom stereocenters. The Bertz CT molecular complexity index is 274. The molecule has 2 nitrogen and oxygen atoms in total. The number of ether oxygens (including phenoxy) is 1. The van der Waals surface area contributed by atoms with Crippen molar-refractivity contribution in [1.29, 1.82) is 0 Å². The smallest absolute Gasteiger partial charge is 0.125 e. The van der Waals surface area contributed by atoms with Gasteiger partial charge in [0.25, 0.3) is 0 Å². The largest absolute Gasteiger partial charge is 0.488 e. The topological polar surface area (TPSA) is 29.5 Å². The number of rotatable bonds is 2. The van der Waals surface area contributed by atoms with E-state index in [4.69, 9.17) is 9.84 Å². The van der Waals surface area contributed by atoms with Gasteiger partial charge in [-0.3, -0.25) is 0 Å². The quantitative estimate of drug-likeness (QED) is 0.757. The van der Waals surface area contributed by atoms with E-state index in [1.807, 2.05) is 45.0 Å². The highest BCUT2D eigenvalue weighted by Crippen LogP contribution is 2.22. The van der Waals surface area contributed by atoms with E-state index in [0.29, 0.717) is 0 Å². The maximum atomic E-state index is 9.04. The predicted octanol–water partition coefficient (Wildman–Crippen LogP) is 2.36. The first-order valence-corrected chi connectivity index (χ1v) is 4.41. The minimum atomic E-state index is -0.217. The second kappa shape index (κ2) is 3.79. The molecule has 72 valence electrons. The standard InChI is InChI=1S/C11H16O2/c1-11(2,3)13-10-7-5-4-6-9(10)8-12/h4-7,12H,8H2,1-3H3. The number of hydrogen-bond acceptors (Lipinski definition) is 2. The van der Waals surface area contributed by atoms with Crippen molar-refractivity contribution in [2.45, 2.75) is 33.0 Å². The van der Waals surface area contributed by atoms with Crippen LogP contribution < -0.4 is 4.74 Å². The zero-order chi connectivity index (χ0) is 9.90. The van der Waals surface area contributed by atoms with E-state index in [2.05, 4.69) is 0 Å². The van der Waals surface area contributed by atoms with E-state index >= 15 is 0 Å². The molecule has 0 saturated carbocycles. The summed E-state index contributed by atoms with van der Waals surface area (Å²) in [6, 6.07) is 7.53. The number of aliphatic hydroxyl groups is 1. The van der Waals surface area contributed by atoms with Crippen molar-refractivity contribution in [3.63, 3.8) is 0 Å². The Balaban J connectivity index is 2.87. The summed E-state index contributed by atoms with van der Waals surface area (Å²) >= 11 is 0. The summed E-state index contributed by atoms with van der Waals surface area (Å²) in [6.45, 7) is 5.98. The minimum absolute atomic E-state index is 0.0201. The summed E-state index contributed by atoms with van der Waals surface area (Å²) in [5.74, 6) is 0.762. The number of hydrogen-bond donors (Lipinski definition) is 1. The summed E-state index contributed by atoms with van der Waals surface area (Å²) in [7, 11) is 0. The van der Waals surface area contributed by atoms with E-state index in [1.165, 1.54) is 0 Å². The molecular formula is C11H16O2. The molecule has 1 aromatic rings. The number of para-hydroxylation sites is 1. The van der Waals surface area contributed by atoms with Crippen LogP contribution in [0.5, 0.6) is 5.75 Å². The van der Waals surface area contributed by atoms with E-state index in [9.17, 15) is 0 Å². The molecule has 0 radical (unpaired) electrons. The van der Waals surface area contributed by atoms with Crippen molar-refractivity contribution in [3.05, 3.63) is 29.8 Å². The van der Waals surface area contributed by atoms with Gasteiger partial charge in [0.1, 0.15) is 11.4 Å². The summed E-state index contributed by atoms with van der Waals surface area (Å²) in [5, 5.41) is 9.04. The first-order chi connectivity index (χ1) is 6.03. The molecular weight excluding hydrogens is 164 g/mol. The van der Waals surface area contributed by atoms with Crippen molar-refractivity contribution in [1.82, 2.24) is 0 Å². The SMILES string of the molecule is CC(C)(C)Oc1ccccc1CO. The molecule has 0 bridgehead atoms. The third-order valence-electron chi connectivity index (χ3n) is 1.56. The molecule has 0 aromatic heterocycles. The van der Waals surface area contributed by atoms with Gasteiger partial charge < -0.3 is 9.84 Å². The summed E-state index contributed by atoms with van der Waals surface area (Å²) < 4.78 is 5.66. The summed E-state index contributed by atoms with van der Waals surface area (Å²) in [4.78, 5) is 0. The molecule has 1 aromatic carbocycles. The third-order valence-corrected chi connectivity index (χ3v) is 1.56. The Morgan fingerprint density at radius 1 is 1.23 bits per heavy atom. The molecule has 0 aliphatic rings. The second-order valence-corrected chi connectivity index (χ2v) is 3.98. The molecule has 0 aliphatic carbocycles. The van der Waals surface area contributed by atoms with Crippen LogP contribution in [0.25, 0.3) is 0 Å². The van der Waals surface area contributed by atoms with Crippen LogP contribution in [0.3, 0.4) is 0 Å². The van der Waals surface area contributed by atoms with Gasteiger partial charge in [0.15, 0.2) is 0 Å². The van der Waals surface area contributed by atoms with E-state index in [0.717, 1.165) is 11.3 Å². The van der Waals surface area contributed by atoms with Crippen molar-refractivity contribution in [2.75, 3.05) is 0 Å². The Labute approximate surface area is 79.2 Å². The van der Waals surface area contributed by atoms with Crippen molar-refractivity contribution in [2.24, 2.45) is 0 Å². The summed E-state index contributed by atoms with van der Waals surface area (Å²) in [5.41, 5.74) is 0.614. The van der Waals surface area contributed by atoms with Gasteiger partial charge in [-0.05, 0) is 26.8 Å². The number of benzene rings is 1. The molecule has 1 N–H and O–H groups in total. The highest BCUT2D eigenvalue weighted by Gasteiger charge is 2.13. The Hall–Kier alpha value is -1.02. The lowest BCUT2D eigenvalue weighted by Gasteiger charge is -2.22.